The van der Waals surface area contributed by atoms with E-state index in [1.165, 1.54) is 0 Å². The van der Waals surface area contributed by atoms with Gasteiger partial charge in [0.25, 0.3) is 5.91 Å². The van der Waals surface area contributed by atoms with Gasteiger partial charge >= 0.3 is 0 Å². The molecule has 0 spiro atoms. The molecule has 2 rings (SSSR count). The fraction of sp³-hybridized carbons (Fsp3) is 0.333. The molecule has 0 aliphatic heterocycles. The summed E-state index contributed by atoms with van der Waals surface area (Å²) in [5.74, 6) is 0.602. The normalized spacial score (nSPS) is 12.4. The van der Waals surface area contributed by atoms with Gasteiger partial charge in [0.15, 0.2) is 5.96 Å². The predicted octanol–water partition coefficient (Wildman–Crippen LogP) is 2.79. The summed E-state index contributed by atoms with van der Waals surface area (Å²) in [5.41, 5.74) is 2.74. The third-order valence-electron chi connectivity index (χ3n) is 4.31. The first-order valence-electron chi connectivity index (χ1n) is 9.11. The Morgan fingerprint density at radius 3 is 2.64 bits per heavy atom. The van der Waals surface area contributed by atoms with Crippen LogP contribution >= 0.6 is 11.6 Å². The highest BCUT2D eigenvalue weighted by molar-refractivity contribution is 6.30. The zero-order valence-electron chi connectivity index (χ0n) is 16.5. The number of hydrogen-bond acceptors (Lipinski definition) is 3. The Morgan fingerprint density at radius 2 is 1.96 bits per heavy atom. The van der Waals surface area contributed by atoms with E-state index in [4.69, 9.17) is 16.3 Å². The molecule has 28 heavy (non-hydrogen) atoms. The molecule has 0 fully saturated rings. The smallest absolute Gasteiger partial charge is 0.251 e. The van der Waals surface area contributed by atoms with Crippen molar-refractivity contribution in [3.63, 3.8) is 0 Å². The van der Waals surface area contributed by atoms with Gasteiger partial charge in [0, 0.05) is 44.9 Å². The molecule has 0 heterocycles. The van der Waals surface area contributed by atoms with Crippen molar-refractivity contribution in [1.82, 2.24) is 16.0 Å². The van der Waals surface area contributed by atoms with Crippen molar-refractivity contribution >= 4 is 23.5 Å². The zero-order valence-corrected chi connectivity index (χ0v) is 17.2. The fourth-order valence-electron chi connectivity index (χ4n) is 2.79. The molecule has 0 aliphatic rings. The Hall–Kier alpha value is -2.57. The minimum atomic E-state index is -0.138. The number of hydrogen-bond donors (Lipinski definition) is 3. The number of halogens is 1. The maximum absolute atomic E-state index is 11.7. The van der Waals surface area contributed by atoms with Crippen LogP contribution in [-0.4, -0.2) is 46.2 Å². The van der Waals surface area contributed by atoms with Gasteiger partial charge in [-0.15, -0.1) is 0 Å². The van der Waals surface area contributed by atoms with Gasteiger partial charge in [-0.05, 0) is 41.8 Å². The highest BCUT2D eigenvalue weighted by Crippen LogP contribution is 2.19. The average molecular weight is 403 g/mol. The molecule has 3 N–H and O–H groups in total. The molecule has 0 aliphatic carbocycles. The molecule has 1 unspecified atom stereocenters. The van der Waals surface area contributed by atoms with Gasteiger partial charge < -0.3 is 20.7 Å². The summed E-state index contributed by atoms with van der Waals surface area (Å²) in [6, 6.07) is 15.2. The Bertz CT molecular complexity index is 810. The molecule has 0 radical (unpaired) electrons. The number of ether oxygens (including phenoxy) is 1. The Kier molecular flexibility index (Phi) is 8.78. The van der Waals surface area contributed by atoms with Crippen LogP contribution in [-0.2, 0) is 11.2 Å². The van der Waals surface area contributed by atoms with Crippen molar-refractivity contribution in [2.24, 2.45) is 4.99 Å². The average Bonchev–Trinajstić information content (AvgIpc) is 2.72. The number of carbonyl (C=O) groups excluding carboxylic acids is 1. The van der Waals surface area contributed by atoms with E-state index in [0.717, 1.165) is 17.5 Å². The number of nitrogens with zero attached hydrogens (tertiary/aromatic N) is 1. The van der Waals surface area contributed by atoms with Gasteiger partial charge in [-0.1, -0.05) is 35.9 Å². The van der Waals surface area contributed by atoms with Gasteiger partial charge in [-0.3, -0.25) is 9.79 Å². The van der Waals surface area contributed by atoms with Crippen LogP contribution < -0.4 is 16.0 Å². The van der Waals surface area contributed by atoms with Crippen LogP contribution in [0.25, 0.3) is 0 Å². The van der Waals surface area contributed by atoms with Crippen LogP contribution in [0.3, 0.4) is 0 Å². The second-order valence-electron chi connectivity index (χ2n) is 6.19. The summed E-state index contributed by atoms with van der Waals surface area (Å²) in [7, 11) is 5.02. The number of amides is 1. The van der Waals surface area contributed by atoms with E-state index in [-0.39, 0.29) is 12.0 Å². The summed E-state index contributed by atoms with van der Waals surface area (Å²) < 4.78 is 5.56. The molecule has 1 atom stereocenters. The third kappa shape index (κ3) is 6.55. The van der Waals surface area contributed by atoms with Crippen LogP contribution in [0.4, 0.5) is 0 Å². The van der Waals surface area contributed by atoms with Gasteiger partial charge in [0.05, 0.1) is 6.10 Å². The van der Waals surface area contributed by atoms with E-state index in [1.807, 2.05) is 42.5 Å². The van der Waals surface area contributed by atoms with E-state index < -0.39 is 0 Å². The molecule has 7 heteroatoms. The van der Waals surface area contributed by atoms with Crippen molar-refractivity contribution in [3.05, 3.63) is 70.2 Å². The van der Waals surface area contributed by atoms with Crippen LogP contribution in [0.5, 0.6) is 0 Å². The van der Waals surface area contributed by atoms with Crippen molar-refractivity contribution in [2.45, 2.75) is 12.5 Å². The lowest BCUT2D eigenvalue weighted by atomic mass is 10.1. The maximum Gasteiger partial charge on any atom is 0.251 e. The number of rotatable bonds is 8. The summed E-state index contributed by atoms with van der Waals surface area (Å²) in [4.78, 5) is 16.0. The molecular weight excluding hydrogens is 376 g/mol. The van der Waals surface area contributed by atoms with E-state index in [9.17, 15) is 4.79 Å². The first-order valence-corrected chi connectivity index (χ1v) is 9.49. The van der Waals surface area contributed by atoms with E-state index in [1.54, 1.807) is 27.3 Å². The Balaban J connectivity index is 1.85. The zero-order chi connectivity index (χ0) is 20.4. The molecule has 1 amide bonds. The van der Waals surface area contributed by atoms with Crippen LogP contribution in [0.1, 0.15) is 27.6 Å². The minimum absolute atomic E-state index is 0.0843. The van der Waals surface area contributed by atoms with Crippen molar-refractivity contribution in [3.8, 4) is 0 Å². The maximum atomic E-state index is 11.7. The molecule has 0 saturated carbocycles. The third-order valence-corrected chi connectivity index (χ3v) is 4.54. The number of guanidine groups is 1. The van der Waals surface area contributed by atoms with Crippen molar-refractivity contribution in [1.29, 1.82) is 0 Å². The largest absolute Gasteiger partial charge is 0.375 e. The first kappa shape index (κ1) is 21.7. The molecule has 0 aromatic heterocycles. The molecule has 0 bridgehead atoms. The second kappa shape index (κ2) is 11.3. The van der Waals surface area contributed by atoms with E-state index in [0.29, 0.717) is 29.6 Å². The lowest BCUT2D eigenvalue weighted by Gasteiger charge is -2.19. The molecule has 2 aromatic carbocycles. The standard InChI is InChI=1S/C21H27ClN4O2/c1-23-20(27)17-8-4-6-15(12-17)10-11-25-21(24-2)26-14-19(28-3)16-7-5-9-18(22)13-16/h4-9,12-13,19H,10-11,14H2,1-3H3,(H,23,27)(H2,24,25,26). The number of nitrogens with one attached hydrogen (secondary N) is 3. The van der Waals surface area contributed by atoms with Crippen molar-refractivity contribution in [2.75, 3.05) is 34.3 Å². The van der Waals surface area contributed by atoms with Gasteiger partial charge in [-0.2, -0.15) is 0 Å². The minimum Gasteiger partial charge on any atom is -0.375 e. The van der Waals surface area contributed by atoms with E-state index in [2.05, 4.69) is 20.9 Å². The molecule has 0 saturated heterocycles. The molecular formula is C21H27ClN4O2. The summed E-state index contributed by atoms with van der Waals surface area (Å²) in [6.45, 7) is 1.24. The predicted molar refractivity (Wildman–Crippen MR) is 114 cm³/mol. The van der Waals surface area contributed by atoms with Crippen molar-refractivity contribution < 1.29 is 9.53 Å². The number of methoxy groups -OCH3 is 1. The monoisotopic (exact) mass is 402 g/mol. The van der Waals surface area contributed by atoms with Crippen LogP contribution in [0, 0.1) is 0 Å². The SMILES string of the molecule is CN=C(NCCc1cccc(C(=O)NC)c1)NCC(OC)c1cccc(Cl)c1. The number of benzene rings is 2. The topological polar surface area (TPSA) is 74.8 Å². The summed E-state index contributed by atoms with van der Waals surface area (Å²) >= 11 is 6.07. The van der Waals surface area contributed by atoms with Gasteiger partial charge in [-0.25, -0.2) is 0 Å². The van der Waals surface area contributed by atoms with Crippen LogP contribution in [0.2, 0.25) is 5.02 Å². The quantitative estimate of drug-likeness (QED) is 0.469. The highest BCUT2D eigenvalue weighted by Gasteiger charge is 2.11. The first-order chi connectivity index (χ1) is 13.6. The van der Waals surface area contributed by atoms with Gasteiger partial charge in [0.2, 0.25) is 0 Å². The molecule has 2 aromatic rings. The molecule has 150 valence electrons. The highest BCUT2D eigenvalue weighted by atomic mass is 35.5. The van der Waals surface area contributed by atoms with Crippen LogP contribution in [0.15, 0.2) is 53.5 Å². The second-order valence-corrected chi connectivity index (χ2v) is 6.63. The number of carbonyl (C=O) groups is 1. The fourth-order valence-corrected chi connectivity index (χ4v) is 2.99. The van der Waals surface area contributed by atoms with Gasteiger partial charge in [0.1, 0.15) is 0 Å². The lowest BCUT2D eigenvalue weighted by Crippen LogP contribution is -2.40. The Morgan fingerprint density at radius 1 is 1.18 bits per heavy atom. The van der Waals surface area contributed by atoms with E-state index >= 15 is 0 Å². The summed E-state index contributed by atoms with van der Waals surface area (Å²) in [6.07, 6.45) is 0.634. The molecule has 6 nitrogen and oxygen atoms in total. The number of aliphatic imine (C=N–C) groups is 1. The summed E-state index contributed by atoms with van der Waals surface area (Å²) in [5, 5.41) is 9.87. The Labute approximate surface area is 171 Å². The lowest BCUT2D eigenvalue weighted by molar-refractivity contribution is 0.0963.